The van der Waals surface area contributed by atoms with Crippen LogP contribution in [0.5, 0.6) is 5.75 Å². The van der Waals surface area contributed by atoms with Crippen molar-refractivity contribution in [1.82, 2.24) is 4.57 Å². The summed E-state index contributed by atoms with van der Waals surface area (Å²) in [6.07, 6.45) is 3.73. The molecule has 1 saturated heterocycles. The topological polar surface area (TPSA) is 69.6 Å². The number of ether oxygens (including phenoxy) is 2. The summed E-state index contributed by atoms with van der Waals surface area (Å²) >= 11 is 6.13. The van der Waals surface area contributed by atoms with Gasteiger partial charge in [-0.05, 0) is 55.2 Å². The monoisotopic (exact) mass is 426 g/mol. The zero-order valence-electron chi connectivity index (χ0n) is 16.7. The number of halogens is 1. The van der Waals surface area contributed by atoms with Crippen molar-refractivity contribution in [1.29, 1.82) is 0 Å². The predicted octanol–water partition coefficient (Wildman–Crippen LogP) is 4.34. The molecule has 0 spiro atoms. The SMILES string of the molecule is COc1ccc(C(=O)Nc2cccc3c(=O)n(CC4CCOCC4)ccc23)cc1Cl. The van der Waals surface area contributed by atoms with E-state index in [1.54, 1.807) is 47.2 Å². The lowest BCUT2D eigenvalue weighted by molar-refractivity contribution is 0.0610. The molecule has 0 aliphatic carbocycles. The minimum atomic E-state index is -0.307. The second-order valence-electron chi connectivity index (χ2n) is 7.40. The molecule has 0 bridgehead atoms. The molecule has 1 amide bonds. The van der Waals surface area contributed by atoms with Gasteiger partial charge in [0.25, 0.3) is 11.5 Å². The Balaban J connectivity index is 1.60. The molecule has 1 N–H and O–H groups in total. The van der Waals surface area contributed by atoms with Crippen LogP contribution in [0.4, 0.5) is 5.69 Å². The van der Waals surface area contributed by atoms with Crippen molar-refractivity contribution in [2.24, 2.45) is 5.92 Å². The van der Waals surface area contributed by atoms with E-state index < -0.39 is 0 Å². The lowest BCUT2D eigenvalue weighted by atomic mass is 10.00. The number of aromatic nitrogens is 1. The zero-order chi connectivity index (χ0) is 21.1. The highest BCUT2D eigenvalue weighted by molar-refractivity contribution is 6.32. The van der Waals surface area contributed by atoms with Crippen LogP contribution < -0.4 is 15.6 Å². The maximum atomic E-state index is 13.0. The van der Waals surface area contributed by atoms with Crippen molar-refractivity contribution in [2.75, 3.05) is 25.6 Å². The summed E-state index contributed by atoms with van der Waals surface area (Å²) in [5.74, 6) is 0.638. The van der Waals surface area contributed by atoms with E-state index in [0.717, 1.165) is 26.1 Å². The quantitative estimate of drug-likeness (QED) is 0.658. The van der Waals surface area contributed by atoms with Gasteiger partial charge in [0.2, 0.25) is 0 Å². The second-order valence-corrected chi connectivity index (χ2v) is 7.81. The average Bonchev–Trinajstić information content (AvgIpc) is 2.76. The lowest BCUT2D eigenvalue weighted by Crippen LogP contribution is -2.27. The number of methoxy groups -OCH3 is 1. The number of rotatable bonds is 5. The molecule has 0 atom stereocenters. The van der Waals surface area contributed by atoms with E-state index in [1.165, 1.54) is 7.11 Å². The molecule has 7 heteroatoms. The molecule has 156 valence electrons. The van der Waals surface area contributed by atoms with Crippen LogP contribution in [0.2, 0.25) is 5.02 Å². The third-order valence-corrected chi connectivity index (χ3v) is 5.77. The van der Waals surface area contributed by atoms with E-state index >= 15 is 0 Å². The Morgan fingerprint density at radius 1 is 1.20 bits per heavy atom. The average molecular weight is 427 g/mol. The Labute approximate surface area is 179 Å². The van der Waals surface area contributed by atoms with Gasteiger partial charge < -0.3 is 19.4 Å². The van der Waals surface area contributed by atoms with Crippen molar-refractivity contribution in [3.05, 3.63) is 69.6 Å². The van der Waals surface area contributed by atoms with Gasteiger partial charge in [-0.25, -0.2) is 0 Å². The molecule has 0 saturated carbocycles. The largest absolute Gasteiger partial charge is 0.495 e. The van der Waals surface area contributed by atoms with Crippen LogP contribution >= 0.6 is 11.6 Å². The molecule has 2 aromatic carbocycles. The predicted molar refractivity (Wildman–Crippen MR) is 118 cm³/mol. The summed E-state index contributed by atoms with van der Waals surface area (Å²) in [7, 11) is 1.52. The number of carbonyl (C=O) groups excluding carboxylic acids is 1. The lowest BCUT2D eigenvalue weighted by Gasteiger charge is -2.23. The maximum absolute atomic E-state index is 13.0. The molecule has 0 radical (unpaired) electrons. The summed E-state index contributed by atoms with van der Waals surface area (Å²) in [5.41, 5.74) is 0.938. The summed E-state index contributed by atoms with van der Waals surface area (Å²) < 4.78 is 12.3. The van der Waals surface area contributed by atoms with Gasteiger partial charge in [-0.15, -0.1) is 0 Å². The van der Waals surface area contributed by atoms with Gasteiger partial charge in [-0.2, -0.15) is 0 Å². The molecule has 1 aromatic heterocycles. The van der Waals surface area contributed by atoms with Gasteiger partial charge in [0, 0.05) is 48.0 Å². The van der Waals surface area contributed by atoms with Crippen LogP contribution in [-0.4, -0.2) is 30.8 Å². The molecule has 1 aliphatic heterocycles. The van der Waals surface area contributed by atoms with E-state index in [-0.39, 0.29) is 11.5 Å². The molecule has 1 fully saturated rings. The molecular formula is C23H23ClN2O4. The van der Waals surface area contributed by atoms with E-state index in [0.29, 0.717) is 45.3 Å². The molecule has 3 aromatic rings. The third kappa shape index (κ3) is 4.20. The molecule has 2 heterocycles. The summed E-state index contributed by atoms with van der Waals surface area (Å²) in [6, 6.07) is 12.1. The van der Waals surface area contributed by atoms with Crippen LogP contribution in [0, 0.1) is 5.92 Å². The van der Waals surface area contributed by atoms with E-state index in [9.17, 15) is 9.59 Å². The number of nitrogens with zero attached hydrogens (tertiary/aromatic N) is 1. The fraction of sp³-hybridized carbons (Fsp3) is 0.304. The van der Waals surface area contributed by atoms with Crippen molar-refractivity contribution >= 4 is 34.0 Å². The van der Waals surface area contributed by atoms with E-state index in [2.05, 4.69) is 5.32 Å². The Morgan fingerprint density at radius 3 is 2.73 bits per heavy atom. The Bertz CT molecular complexity index is 1140. The fourth-order valence-electron chi connectivity index (χ4n) is 3.78. The maximum Gasteiger partial charge on any atom is 0.258 e. The highest BCUT2D eigenvalue weighted by atomic mass is 35.5. The molecule has 30 heavy (non-hydrogen) atoms. The molecule has 1 aliphatic rings. The highest BCUT2D eigenvalue weighted by Gasteiger charge is 2.16. The third-order valence-electron chi connectivity index (χ3n) is 5.48. The smallest absolute Gasteiger partial charge is 0.258 e. The minimum Gasteiger partial charge on any atom is -0.495 e. The summed E-state index contributed by atoms with van der Waals surface area (Å²) in [6.45, 7) is 2.18. The first-order valence-corrected chi connectivity index (χ1v) is 10.3. The van der Waals surface area contributed by atoms with Crippen molar-refractivity contribution < 1.29 is 14.3 Å². The number of carbonyl (C=O) groups is 1. The molecule has 4 rings (SSSR count). The number of amides is 1. The number of pyridine rings is 1. The van der Waals surface area contributed by atoms with Gasteiger partial charge in [-0.3, -0.25) is 9.59 Å². The van der Waals surface area contributed by atoms with Gasteiger partial charge >= 0.3 is 0 Å². The van der Waals surface area contributed by atoms with Gasteiger partial charge in [-0.1, -0.05) is 17.7 Å². The molecule has 0 unspecified atom stereocenters. The van der Waals surface area contributed by atoms with Crippen molar-refractivity contribution in [3.8, 4) is 5.75 Å². The van der Waals surface area contributed by atoms with Crippen LogP contribution in [0.3, 0.4) is 0 Å². The first kappa shape index (κ1) is 20.4. The molecular weight excluding hydrogens is 404 g/mol. The number of benzene rings is 2. The normalized spacial score (nSPS) is 14.6. The number of fused-ring (bicyclic) bond motifs is 1. The highest BCUT2D eigenvalue weighted by Crippen LogP contribution is 2.27. The van der Waals surface area contributed by atoms with Crippen molar-refractivity contribution in [3.63, 3.8) is 0 Å². The number of hydrogen-bond acceptors (Lipinski definition) is 4. The number of nitrogens with one attached hydrogen (secondary N) is 1. The minimum absolute atomic E-state index is 0.0532. The van der Waals surface area contributed by atoms with Crippen LogP contribution in [0.25, 0.3) is 10.8 Å². The van der Waals surface area contributed by atoms with Gasteiger partial charge in [0.1, 0.15) is 5.75 Å². The zero-order valence-corrected chi connectivity index (χ0v) is 17.4. The first-order chi connectivity index (χ1) is 14.6. The van der Waals surface area contributed by atoms with Crippen LogP contribution in [-0.2, 0) is 11.3 Å². The Hall–Kier alpha value is -2.83. The van der Waals surface area contributed by atoms with Crippen LogP contribution in [0.15, 0.2) is 53.5 Å². The Kier molecular flexibility index (Phi) is 6.06. The standard InChI is InChI=1S/C23H23ClN2O4/c1-29-21-6-5-16(13-19(21)24)22(27)25-20-4-2-3-18-17(20)7-10-26(23(18)28)14-15-8-11-30-12-9-15/h2-7,10,13,15H,8-9,11-12,14H2,1H3,(H,25,27). The van der Waals surface area contributed by atoms with E-state index in [4.69, 9.17) is 21.1 Å². The summed E-state index contributed by atoms with van der Waals surface area (Å²) in [5, 5.41) is 4.54. The van der Waals surface area contributed by atoms with Crippen molar-refractivity contribution in [2.45, 2.75) is 19.4 Å². The summed E-state index contributed by atoms with van der Waals surface area (Å²) in [4.78, 5) is 25.7. The van der Waals surface area contributed by atoms with E-state index in [1.807, 2.05) is 6.07 Å². The van der Waals surface area contributed by atoms with Crippen LogP contribution in [0.1, 0.15) is 23.2 Å². The fourth-order valence-corrected chi connectivity index (χ4v) is 4.04. The second kappa shape index (κ2) is 8.90. The number of hydrogen-bond donors (Lipinski definition) is 1. The van der Waals surface area contributed by atoms with Gasteiger partial charge in [0.15, 0.2) is 0 Å². The number of anilines is 1. The molecule has 6 nitrogen and oxygen atoms in total. The Morgan fingerprint density at radius 2 is 2.00 bits per heavy atom. The van der Waals surface area contributed by atoms with Gasteiger partial charge in [0.05, 0.1) is 12.1 Å². The first-order valence-electron chi connectivity index (χ1n) is 9.91.